The number of ether oxygens (including phenoxy) is 2. The van der Waals surface area contributed by atoms with Crippen LogP contribution < -0.4 is 0 Å². The normalized spacial score (nSPS) is 16.1. The summed E-state index contributed by atoms with van der Waals surface area (Å²) in [5, 5.41) is 0. The van der Waals surface area contributed by atoms with E-state index in [9.17, 15) is 4.79 Å². The average Bonchev–Trinajstić information content (AvgIpc) is 2.71. The summed E-state index contributed by atoms with van der Waals surface area (Å²) >= 11 is 0. The van der Waals surface area contributed by atoms with Crippen LogP contribution in [0.3, 0.4) is 0 Å². The van der Waals surface area contributed by atoms with Gasteiger partial charge in [0.2, 0.25) is 0 Å². The molecule has 29 heavy (non-hydrogen) atoms. The number of carbonyl (C=O) groups excluding carboxylic acids is 1. The van der Waals surface area contributed by atoms with Gasteiger partial charge < -0.3 is 14.4 Å². The lowest BCUT2D eigenvalue weighted by Crippen LogP contribution is -2.39. The highest BCUT2D eigenvalue weighted by molar-refractivity contribution is 5.70. The molecule has 0 bridgehead atoms. The highest BCUT2D eigenvalue weighted by atomic mass is 16.6. The Morgan fingerprint density at radius 1 is 0.966 bits per heavy atom. The third kappa shape index (κ3) is 6.98. The van der Waals surface area contributed by atoms with E-state index >= 15 is 0 Å². The molecule has 0 amide bonds. The van der Waals surface area contributed by atoms with Crippen molar-refractivity contribution in [1.29, 1.82) is 0 Å². The highest BCUT2D eigenvalue weighted by Crippen LogP contribution is 2.30. The molecule has 1 saturated heterocycles. The fraction of sp³-hybridized carbons (Fsp3) is 0.480. The van der Waals surface area contributed by atoms with Gasteiger partial charge in [0.15, 0.2) is 0 Å². The standard InChI is InChI=1S/C25H33NO3/c1-25(2,3)29-23(27)16-19-26-17-14-22(15-18-26)28-24(20-10-6-4-7-11-20)21-12-8-5-9-13-21/h4-13,22,24H,14-19H2,1-3H3. The lowest BCUT2D eigenvalue weighted by atomic mass is 10.00. The monoisotopic (exact) mass is 395 g/mol. The van der Waals surface area contributed by atoms with Gasteiger partial charge in [-0.2, -0.15) is 0 Å². The zero-order valence-electron chi connectivity index (χ0n) is 17.8. The molecule has 0 radical (unpaired) electrons. The first-order valence-electron chi connectivity index (χ1n) is 10.6. The number of hydrogen-bond acceptors (Lipinski definition) is 4. The fourth-order valence-electron chi connectivity index (χ4n) is 3.71. The van der Waals surface area contributed by atoms with E-state index in [1.807, 2.05) is 32.9 Å². The summed E-state index contributed by atoms with van der Waals surface area (Å²) in [6.45, 7) is 8.37. The lowest BCUT2D eigenvalue weighted by Gasteiger charge is -2.34. The molecule has 1 fully saturated rings. The quantitative estimate of drug-likeness (QED) is 0.619. The summed E-state index contributed by atoms with van der Waals surface area (Å²) in [4.78, 5) is 14.3. The zero-order chi connectivity index (χ0) is 20.7. The number of nitrogens with zero attached hydrogens (tertiary/aromatic N) is 1. The molecule has 1 aliphatic rings. The number of hydrogen-bond donors (Lipinski definition) is 0. The Balaban J connectivity index is 1.52. The predicted octanol–water partition coefficient (Wildman–Crippen LogP) is 4.99. The van der Waals surface area contributed by atoms with Crippen LogP contribution in [0.2, 0.25) is 0 Å². The van der Waals surface area contributed by atoms with Crippen molar-refractivity contribution in [3.63, 3.8) is 0 Å². The van der Waals surface area contributed by atoms with Crippen molar-refractivity contribution in [2.45, 2.75) is 57.8 Å². The van der Waals surface area contributed by atoms with Crippen LogP contribution in [0.15, 0.2) is 60.7 Å². The van der Waals surface area contributed by atoms with Crippen molar-refractivity contribution in [3.05, 3.63) is 71.8 Å². The largest absolute Gasteiger partial charge is 0.460 e. The molecule has 0 aromatic heterocycles. The van der Waals surface area contributed by atoms with Gasteiger partial charge in [-0.15, -0.1) is 0 Å². The zero-order valence-corrected chi connectivity index (χ0v) is 17.8. The summed E-state index contributed by atoms with van der Waals surface area (Å²) in [5.41, 5.74) is 1.96. The highest BCUT2D eigenvalue weighted by Gasteiger charge is 2.25. The first-order valence-corrected chi connectivity index (χ1v) is 10.6. The molecule has 1 aliphatic heterocycles. The summed E-state index contributed by atoms with van der Waals surface area (Å²) in [5.74, 6) is -0.121. The van der Waals surface area contributed by atoms with Gasteiger partial charge in [0.25, 0.3) is 0 Å². The molecule has 0 atom stereocenters. The van der Waals surface area contributed by atoms with E-state index in [2.05, 4.69) is 53.4 Å². The second-order valence-electron chi connectivity index (χ2n) is 8.71. The van der Waals surface area contributed by atoms with Crippen LogP contribution in [0.4, 0.5) is 0 Å². The summed E-state index contributed by atoms with van der Waals surface area (Å²) < 4.78 is 12.0. The van der Waals surface area contributed by atoms with E-state index < -0.39 is 5.60 Å². The van der Waals surface area contributed by atoms with Gasteiger partial charge >= 0.3 is 5.97 Å². The van der Waals surface area contributed by atoms with Crippen molar-refractivity contribution >= 4 is 5.97 Å². The van der Waals surface area contributed by atoms with Gasteiger partial charge in [0, 0.05) is 19.6 Å². The van der Waals surface area contributed by atoms with E-state index in [0.29, 0.717) is 6.42 Å². The molecule has 1 heterocycles. The van der Waals surface area contributed by atoms with Crippen LogP contribution in [0, 0.1) is 0 Å². The number of carbonyl (C=O) groups is 1. The maximum atomic E-state index is 12.0. The molecule has 2 aromatic rings. The van der Waals surface area contributed by atoms with Crippen molar-refractivity contribution < 1.29 is 14.3 Å². The SMILES string of the molecule is CC(C)(C)OC(=O)CCN1CCC(OC(c2ccccc2)c2ccccc2)CC1. The minimum Gasteiger partial charge on any atom is -0.460 e. The van der Waals surface area contributed by atoms with Crippen molar-refractivity contribution in [2.24, 2.45) is 0 Å². The van der Waals surface area contributed by atoms with E-state index in [0.717, 1.165) is 32.5 Å². The van der Waals surface area contributed by atoms with Gasteiger partial charge in [-0.25, -0.2) is 0 Å². The Hall–Kier alpha value is -2.17. The lowest BCUT2D eigenvalue weighted by molar-refractivity contribution is -0.155. The Bertz CT molecular complexity index is 707. The molecule has 156 valence electrons. The minimum atomic E-state index is -0.415. The summed E-state index contributed by atoms with van der Waals surface area (Å²) in [6.07, 6.45) is 2.57. The smallest absolute Gasteiger partial charge is 0.307 e. The van der Waals surface area contributed by atoms with Crippen LogP contribution in [0.5, 0.6) is 0 Å². The van der Waals surface area contributed by atoms with E-state index in [4.69, 9.17) is 9.47 Å². The molecular weight excluding hydrogens is 362 g/mol. The van der Waals surface area contributed by atoms with Gasteiger partial charge in [-0.3, -0.25) is 4.79 Å². The average molecular weight is 396 g/mol. The van der Waals surface area contributed by atoms with Crippen LogP contribution in [0.25, 0.3) is 0 Å². The molecule has 0 saturated carbocycles. The van der Waals surface area contributed by atoms with Crippen LogP contribution in [0.1, 0.15) is 57.3 Å². The molecule has 4 nitrogen and oxygen atoms in total. The van der Waals surface area contributed by atoms with E-state index in [1.165, 1.54) is 11.1 Å². The van der Waals surface area contributed by atoms with Gasteiger partial charge in [-0.1, -0.05) is 60.7 Å². The summed E-state index contributed by atoms with van der Waals surface area (Å²) in [7, 11) is 0. The molecule has 3 rings (SSSR count). The maximum absolute atomic E-state index is 12.0. The first kappa shape index (κ1) is 21.5. The van der Waals surface area contributed by atoms with Gasteiger partial charge in [0.05, 0.1) is 12.5 Å². The number of piperidine rings is 1. The van der Waals surface area contributed by atoms with Gasteiger partial charge in [0.1, 0.15) is 11.7 Å². The van der Waals surface area contributed by atoms with Crippen LogP contribution >= 0.6 is 0 Å². The Labute approximate surface area is 174 Å². The Kier molecular flexibility index (Phi) is 7.45. The maximum Gasteiger partial charge on any atom is 0.307 e. The molecule has 2 aromatic carbocycles. The third-order valence-corrected chi connectivity index (χ3v) is 5.12. The second kappa shape index (κ2) is 10.0. The third-order valence-electron chi connectivity index (χ3n) is 5.12. The number of esters is 1. The van der Waals surface area contributed by atoms with Crippen molar-refractivity contribution in [2.75, 3.05) is 19.6 Å². The Morgan fingerprint density at radius 3 is 1.97 bits per heavy atom. The van der Waals surface area contributed by atoms with Crippen molar-refractivity contribution in [1.82, 2.24) is 4.90 Å². The second-order valence-corrected chi connectivity index (χ2v) is 8.71. The van der Waals surface area contributed by atoms with Gasteiger partial charge in [-0.05, 0) is 44.7 Å². The first-order chi connectivity index (χ1) is 13.9. The van der Waals surface area contributed by atoms with Crippen LogP contribution in [-0.2, 0) is 14.3 Å². The molecule has 0 aliphatic carbocycles. The van der Waals surface area contributed by atoms with Crippen LogP contribution in [-0.4, -0.2) is 42.2 Å². The topological polar surface area (TPSA) is 38.8 Å². The molecular formula is C25H33NO3. The number of likely N-dealkylation sites (tertiary alicyclic amines) is 1. The molecule has 0 N–H and O–H groups in total. The van der Waals surface area contributed by atoms with E-state index in [1.54, 1.807) is 0 Å². The minimum absolute atomic E-state index is 0.0456. The fourth-order valence-corrected chi connectivity index (χ4v) is 3.71. The van der Waals surface area contributed by atoms with E-state index in [-0.39, 0.29) is 18.2 Å². The molecule has 0 unspecified atom stereocenters. The molecule has 0 spiro atoms. The number of benzene rings is 2. The number of rotatable bonds is 7. The summed E-state index contributed by atoms with van der Waals surface area (Å²) in [6, 6.07) is 20.9. The predicted molar refractivity (Wildman–Crippen MR) is 116 cm³/mol. The molecule has 4 heteroatoms. The van der Waals surface area contributed by atoms with Crippen molar-refractivity contribution in [3.8, 4) is 0 Å². The Morgan fingerprint density at radius 2 is 1.48 bits per heavy atom.